The van der Waals surface area contributed by atoms with E-state index in [1.54, 1.807) is 23.5 Å². The second kappa shape index (κ2) is 5.25. The fourth-order valence-corrected chi connectivity index (χ4v) is 3.17. The average Bonchev–Trinajstić information content (AvgIpc) is 3.05. The van der Waals surface area contributed by atoms with Crippen LogP contribution in [0.2, 0.25) is 0 Å². The zero-order chi connectivity index (χ0) is 14.1. The van der Waals surface area contributed by atoms with E-state index >= 15 is 0 Å². The van der Waals surface area contributed by atoms with Gasteiger partial charge in [-0.05, 0) is 32.1 Å². The van der Waals surface area contributed by atoms with Gasteiger partial charge in [-0.1, -0.05) is 0 Å². The van der Waals surface area contributed by atoms with Gasteiger partial charge in [0.05, 0.1) is 16.7 Å². The number of carbonyl (C=O) groups excluding carboxylic acids is 1. The maximum absolute atomic E-state index is 12.3. The molecule has 0 saturated heterocycles. The molecule has 2 aromatic rings. The summed E-state index contributed by atoms with van der Waals surface area (Å²) in [5, 5.41) is 2.98. The molecule has 2 aromatic heterocycles. The summed E-state index contributed by atoms with van der Waals surface area (Å²) in [5.74, 6) is 0.0515. The smallest absolute Gasteiger partial charge is 0.247 e. The van der Waals surface area contributed by atoms with E-state index in [1.807, 2.05) is 23.3 Å². The molecular weight excluding hydrogens is 270 g/mol. The Bertz CT molecular complexity index is 656. The maximum atomic E-state index is 12.3. The number of aryl methyl sites for hydroxylation is 1. The van der Waals surface area contributed by atoms with Gasteiger partial charge < -0.3 is 9.47 Å². The van der Waals surface area contributed by atoms with Gasteiger partial charge in [0.2, 0.25) is 5.91 Å². The van der Waals surface area contributed by atoms with E-state index in [9.17, 15) is 4.79 Å². The van der Waals surface area contributed by atoms with Crippen LogP contribution in [0.1, 0.15) is 29.4 Å². The van der Waals surface area contributed by atoms with Gasteiger partial charge in [0.15, 0.2) is 0 Å². The van der Waals surface area contributed by atoms with E-state index in [4.69, 9.17) is 0 Å². The van der Waals surface area contributed by atoms with Gasteiger partial charge in [-0.15, -0.1) is 11.3 Å². The summed E-state index contributed by atoms with van der Waals surface area (Å²) in [5.41, 5.74) is 2.05. The Labute approximate surface area is 122 Å². The third-order valence-corrected chi connectivity index (χ3v) is 4.45. The molecule has 4 nitrogen and oxygen atoms in total. The van der Waals surface area contributed by atoms with Crippen LogP contribution in [0.3, 0.4) is 0 Å². The molecule has 0 aliphatic carbocycles. The van der Waals surface area contributed by atoms with Gasteiger partial charge in [-0.3, -0.25) is 4.79 Å². The number of rotatable bonds is 2. The van der Waals surface area contributed by atoms with Crippen molar-refractivity contribution >= 4 is 23.3 Å². The number of thiazole rings is 1. The topological polar surface area (TPSA) is 38.1 Å². The van der Waals surface area contributed by atoms with Crippen molar-refractivity contribution in [2.75, 3.05) is 6.54 Å². The largest absolute Gasteiger partial charge is 0.348 e. The Hall–Kier alpha value is -1.88. The molecule has 0 fully saturated rings. The van der Waals surface area contributed by atoms with Crippen LogP contribution in [0.15, 0.2) is 29.8 Å². The molecule has 3 heterocycles. The first-order chi connectivity index (χ1) is 9.65. The third-order valence-electron chi connectivity index (χ3n) is 3.66. The highest BCUT2D eigenvalue weighted by Gasteiger charge is 2.25. The molecule has 0 bridgehead atoms. The zero-order valence-corrected chi connectivity index (χ0v) is 12.4. The molecule has 1 aliphatic heterocycles. The highest BCUT2D eigenvalue weighted by atomic mass is 32.1. The van der Waals surface area contributed by atoms with Crippen molar-refractivity contribution in [3.8, 4) is 0 Å². The lowest BCUT2D eigenvalue weighted by molar-refractivity contribution is -0.129. The van der Waals surface area contributed by atoms with Crippen LogP contribution in [0, 0.1) is 6.92 Å². The molecule has 0 saturated carbocycles. The van der Waals surface area contributed by atoms with Crippen LogP contribution < -0.4 is 0 Å². The van der Waals surface area contributed by atoms with Gasteiger partial charge in [-0.25, -0.2) is 4.98 Å². The molecule has 20 heavy (non-hydrogen) atoms. The van der Waals surface area contributed by atoms with E-state index in [0.29, 0.717) is 0 Å². The Morgan fingerprint density at radius 3 is 3.10 bits per heavy atom. The zero-order valence-electron chi connectivity index (χ0n) is 11.6. The predicted octanol–water partition coefficient (Wildman–Crippen LogP) is 2.87. The number of aromatic nitrogens is 2. The SMILES string of the molecule is Cc1nc(/C=C/C(=O)N2CCn3cccc3C2C)cs1. The second-order valence-electron chi connectivity index (χ2n) is 4.96. The van der Waals surface area contributed by atoms with E-state index < -0.39 is 0 Å². The van der Waals surface area contributed by atoms with Crippen LogP contribution in [-0.2, 0) is 11.3 Å². The summed E-state index contributed by atoms with van der Waals surface area (Å²) in [4.78, 5) is 18.6. The minimum Gasteiger partial charge on any atom is -0.348 e. The molecule has 5 heteroatoms. The van der Waals surface area contributed by atoms with Crippen molar-refractivity contribution < 1.29 is 4.79 Å². The molecule has 0 spiro atoms. The number of nitrogens with zero attached hydrogens (tertiary/aromatic N) is 3. The van der Waals surface area contributed by atoms with Gasteiger partial charge in [0.25, 0.3) is 0 Å². The van der Waals surface area contributed by atoms with E-state index in [0.717, 1.165) is 23.8 Å². The van der Waals surface area contributed by atoms with Crippen molar-refractivity contribution in [3.05, 3.63) is 46.2 Å². The maximum Gasteiger partial charge on any atom is 0.247 e. The quantitative estimate of drug-likeness (QED) is 0.797. The molecule has 1 atom stereocenters. The normalized spacial score (nSPS) is 18.5. The molecule has 1 unspecified atom stereocenters. The number of carbonyl (C=O) groups is 1. The Kier molecular flexibility index (Phi) is 3.44. The van der Waals surface area contributed by atoms with Gasteiger partial charge in [0, 0.05) is 36.4 Å². The van der Waals surface area contributed by atoms with Gasteiger partial charge in [0.1, 0.15) is 0 Å². The minimum absolute atomic E-state index is 0.0515. The van der Waals surface area contributed by atoms with Crippen molar-refractivity contribution in [2.24, 2.45) is 0 Å². The summed E-state index contributed by atoms with van der Waals surface area (Å²) < 4.78 is 2.21. The first-order valence-electron chi connectivity index (χ1n) is 6.71. The third kappa shape index (κ3) is 2.41. The van der Waals surface area contributed by atoms with Gasteiger partial charge in [-0.2, -0.15) is 0 Å². The Balaban J connectivity index is 1.74. The van der Waals surface area contributed by atoms with Crippen LogP contribution in [0.5, 0.6) is 0 Å². The molecule has 1 amide bonds. The fraction of sp³-hybridized carbons (Fsp3) is 0.333. The van der Waals surface area contributed by atoms with Crippen molar-refractivity contribution in [1.29, 1.82) is 0 Å². The highest BCUT2D eigenvalue weighted by Crippen LogP contribution is 2.25. The fourth-order valence-electron chi connectivity index (χ4n) is 2.59. The monoisotopic (exact) mass is 287 g/mol. The van der Waals surface area contributed by atoms with E-state index in [-0.39, 0.29) is 11.9 Å². The predicted molar refractivity (Wildman–Crippen MR) is 80.4 cm³/mol. The van der Waals surface area contributed by atoms with Gasteiger partial charge >= 0.3 is 0 Å². The van der Waals surface area contributed by atoms with E-state index in [1.165, 1.54) is 5.69 Å². The standard InChI is InChI=1S/C15H17N3OS/c1-11-14-4-3-7-17(14)8-9-18(11)15(19)6-5-13-10-20-12(2)16-13/h3-7,10-11H,8-9H2,1-2H3/b6-5+. The number of amides is 1. The molecule has 3 rings (SSSR count). The first-order valence-corrected chi connectivity index (χ1v) is 7.59. The van der Waals surface area contributed by atoms with Crippen molar-refractivity contribution in [1.82, 2.24) is 14.5 Å². The number of fused-ring (bicyclic) bond motifs is 1. The van der Waals surface area contributed by atoms with E-state index in [2.05, 4.69) is 28.7 Å². The molecule has 104 valence electrons. The first kappa shape index (κ1) is 13.1. The summed E-state index contributed by atoms with van der Waals surface area (Å²) in [6.45, 7) is 5.65. The van der Waals surface area contributed by atoms with Crippen LogP contribution >= 0.6 is 11.3 Å². The summed E-state index contributed by atoms with van der Waals surface area (Å²) in [6, 6.07) is 4.23. The average molecular weight is 287 g/mol. The molecule has 0 N–H and O–H groups in total. The van der Waals surface area contributed by atoms with Crippen LogP contribution in [-0.4, -0.2) is 26.9 Å². The van der Waals surface area contributed by atoms with Crippen molar-refractivity contribution in [2.45, 2.75) is 26.4 Å². The lowest BCUT2D eigenvalue weighted by Gasteiger charge is -2.34. The molecule has 1 aliphatic rings. The molecule has 0 aromatic carbocycles. The summed E-state index contributed by atoms with van der Waals surface area (Å²) in [7, 11) is 0. The number of hydrogen-bond donors (Lipinski definition) is 0. The second-order valence-corrected chi connectivity index (χ2v) is 6.02. The summed E-state index contributed by atoms with van der Waals surface area (Å²) >= 11 is 1.59. The highest BCUT2D eigenvalue weighted by molar-refractivity contribution is 7.09. The minimum atomic E-state index is 0.0515. The molecular formula is C15H17N3OS. The molecule has 0 radical (unpaired) electrons. The summed E-state index contributed by atoms with van der Waals surface area (Å²) in [6.07, 6.45) is 5.50. The van der Waals surface area contributed by atoms with Crippen molar-refractivity contribution in [3.63, 3.8) is 0 Å². The lowest BCUT2D eigenvalue weighted by Crippen LogP contribution is -2.39. The van der Waals surface area contributed by atoms with Crippen LogP contribution in [0.25, 0.3) is 6.08 Å². The Morgan fingerprint density at radius 2 is 2.35 bits per heavy atom. The number of hydrogen-bond acceptors (Lipinski definition) is 3. The van der Waals surface area contributed by atoms with Crippen LogP contribution in [0.4, 0.5) is 0 Å². The lowest BCUT2D eigenvalue weighted by atomic mass is 10.1. The Morgan fingerprint density at radius 1 is 1.50 bits per heavy atom.